The maximum Gasteiger partial charge on any atom is 0.343 e. The number of benzene rings is 3. The van der Waals surface area contributed by atoms with Crippen LogP contribution in [-0.4, -0.2) is 19.5 Å². The zero-order valence-corrected chi connectivity index (χ0v) is 15.9. The molecule has 0 aliphatic carbocycles. The van der Waals surface area contributed by atoms with Crippen LogP contribution in [0.1, 0.15) is 15.9 Å². The van der Waals surface area contributed by atoms with Crippen molar-refractivity contribution >= 4 is 32.6 Å². The number of nitrogens with one attached hydrogen (secondary N) is 1. The summed E-state index contributed by atoms with van der Waals surface area (Å²) in [4.78, 5) is 12.5. The zero-order chi connectivity index (χ0) is 20.8. The van der Waals surface area contributed by atoms with Gasteiger partial charge in [0.05, 0.1) is 11.8 Å². The first kappa shape index (κ1) is 18.8. The van der Waals surface area contributed by atoms with Crippen molar-refractivity contribution in [2.24, 2.45) is 0 Å². The van der Waals surface area contributed by atoms with Crippen LogP contribution in [0.3, 0.4) is 0 Å². The topological polar surface area (TPSA) is 95.9 Å². The summed E-state index contributed by atoms with van der Waals surface area (Å²) in [6.07, 6.45) is 0.801. The summed E-state index contributed by atoms with van der Waals surface area (Å²) in [6.45, 7) is 1.77. The van der Waals surface area contributed by atoms with Crippen LogP contribution < -0.4 is 13.8 Å². The van der Waals surface area contributed by atoms with Gasteiger partial charge < -0.3 is 9.84 Å². The van der Waals surface area contributed by atoms with Crippen molar-refractivity contribution in [1.29, 1.82) is 0 Å². The zero-order valence-electron chi connectivity index (χ0n) is 15.1. The first-order valence-electron chi connectivity index (χ1n) is 8.49. The number of halogens is 1. The molecule has 7 nitrogen and oxygen atoms in total. The fourth-order valence-electron chi connectivity index (χ4n) is 3.02. The van der Waals surface area contributed by atoms with E-state index in [9.17, 15) is 18.3 Å². The Labute approximate surface area is 165 Å². The Bertz CT molecular complexity index is 1270. The van der Waals surface area contributed by atoms with Crippen LogP contribution in [0.2, 0.25) is 0 Å². The first-order chi connectivity index (χ1) is 13.8. The molecule has 29 heavy (non-hydrogen) atoms. The van der Waals surface area contributed by atoms with Gasteiger partial charge in [0, 0.05) is 5.39 Å². The van der Waals surface area contributed by atoms with Crippen LogP contribution in [0.15, 0.2) is 66.7 Å². The molecule has 0 bridgehead atoms. The fraction of sp³-hybridized carbons (Fsp3) is 0.0500. The molecular formula is C20H15FN2O5S. The quantitative estimate of drug-likeness (QED) is 0.505. The number of carbonyl (C=O) groups is 1. The highest BCUT2D eigenvalue weighted by molar-refractivity contribution is 7.91. The molecule has 0 fully saturated rings. The van der Waals surface area contributed by atoms with E-state index in [4.69, 9.17) is 4.74 Å². The van der Waals surface area contributed by atoms with E-state index in [0.717, 1.165) is 11.8 Å². The van der Waals surface area contributed by atoms with Crippen molar-refractivity contribution in [3.63, 3.8) is 0 Å². The summed E-state index contributed by atoms with van der Waals surface area (Å²) in [5, 5.41) is 10.2. The lowest BCUT2D eigenvalue weighted by Crippen LogP contribution is -2.30. The van der Waals surface area contributed by atoms with E-state index >= 15 is 4.39 Å². The molecule has 1 heterocycles. The lowest BCUT2D eigenvalue weighted by Gasteiger charge is -2.20. The minimum absolute atomic E-state index is 0.148. The third-order valence-corrected chi connectivity index (χ3v) is 5.61. The first-order valence-corrected chi connectivity index (χ1v) is 9.93. The molecule has 2 N–H and O–H groups in total. The molecule has 0 spiro atoms. The van der Waals surface area contributed by atoms with Crippen LogP contribution >= 0.6 is 0 Å². The van der Waals surface area contributed by atoms with Crippen molar-refractivity contribution < 1.29 is 27.4 Å². The maximum absolute atomic E-state index is 15.4. The number of anilines is 1. The van der Waals surface area contributed by atoms with Gasteiger partial charge in [-0.1, -0.05) is 35.9 Å². The minimum Gasteiger partial charge on any atom is -0.493 e. The van der Waals surface area contributed by atoms with E-state index < -0.39 is 33.6 Å². The summed E-state index contributed by atoms with van der Waals surface area (Å²) in [5.74, 6) is -2.67. The normalized spacial score (nSPS) is 15.1. The van der Waals surface area contributed by atoms with Crippen LogP contribution in [0.5, 0.6) is 5.75 Å². The summed E-state index contributed by atoms with van der Waals surface area (Å²) in [6, 6.07) is 14.4. The number of ether oxygens (including phenoxy) is 1. The summed E-state index contributed by atoms with van der Waals surface area (Å²) in [5.41, 5.74) is 0.463. The molecule has 1 aliphatic rings. The number of aliphatic hydroxyl groups is 1. The molecule has 3 aromatic rings. The number of esters is 1. The number of aliphatic hydroxyl groups excluding tert-OH is 1. The lowest BCUT2D eigenvalue weighted by molar-refractivity contribution is 0.0735. The SMILES string of the molecule is Cc1ccc2cc(OC(=O)c3ccccc3)c(N3C=C(O)NS3(=O)=O)c(F)c2c1. The molecule has 148 valence electrons. The third-order valence-electron chi connectivity index (χ3n) is 4.34. The van der Waals surface area contributed by atoms with Crippen LogP contribution in [0.25, 0.3) is 10.8 Å². The fourth-order valence-corrected chi connectivity index (χ4v) is 4.08. The van der Waals surface area contributed by atoms with E-state index in [0.29, 0.717) is 9.69 Å². The van der Waals surface area contributed by atoms with Gasteiger partial charge >= 0.3 is 16.2 Å². The molecule has 0 radical (unpaired) electrons. The summed E-state index contributed by atoms with van der Waals surface area (Å²) < 4.78 is 47.8. The maximum atomic E-state index is 15.4. The largest absolute Gasteiger partial charge is 0.493 e. The van der Waals surface area contributed by atoms with Gasteiger partial charge in [-0.2, -0.15) is 8.42 Å². The number of nitrogens with zero attached hydrogens (tertiary/aromatic N) is 1. The Morgan fingerprint density at radius 1 is 1.14 bits per heavy atom. The molecule has 0 aromatic heterocycles. The lowest BCUT2D eigenvalue weighted by atomic mass is 10.1. The van der Waals surface area contributed by atoms with Crippen LogP contribution in [0, 0.1) is 12.7 Å². The van der Waals surface area contributed by atoms with Gasteiger partial charge in [-0.25, -0.2) is 18.2 Å². The average Bonchev–Trinajstić information content (AvgIpc) is 2.95. The van der Waals surface area contributed by atoms with Crippen molar-refractivity contribution in [2.45, 2.75) is 6.92 Å². The van der Waals surface area contributed by atoms with E-state index in [2.05, 4.69) is 0 Å². The molecule has 3 aromatic carbocycles. The van der Waals surface area contributed by atoms with Crippen LogP contribution in [-0.2, 0) is 10.2 Å². The second-order valence-corrected chi connectivity index (χ2v) is 7.98. The number of hydrogen-bond donors (Lipinski definition) is 2. The molecule has 0 saturated heterocycles. The molecular weight excluding hydrogens is 399 g/mol. The Morgan fingerprint density at radius 3 is 2.52 bits per heavy atom. The van der Waals surface area contributed by atoms with Crippen molar-refractivity contribution in [3.8, 4) is 5.75 Å². The highest BCUT2D eigenvalue weighted by Crippen LogP contribution is 2.40. The van der Waals surface area contributed by atoms with Crippen molar-refractivity contribution in [2.75, 3.05) is 4.31 Å². The Morgan fingerprint density at radius 2 is 1.86 bits per heavy atom. The number of hydrogen-bond acceptors (Lipinski definition) is 5. The molecule has 1 aliphatic heterocycles. The second-order valence-electron chi connectivity index (χ2n) is 6.43. The highest BCUT2D eigenvalue weighted by atomic mass is 32.2. The van der Waals surface area contributed by atoms with Crippen LogP contribution in [0.4, 0.5) is 10.1 Å². The van der Waals surface area contributed by atoms with Gasteiger partial charge in [-0.05, 0) is 36.6 Å². The van der Waals surface area contributed by atoms with Gasteiger partial charge in [0.15, 0.2) is 11.6 Å². The number of fused-ring (bicyclic) bond motifs is 1. The van der Waals surface area contributed by atoms with E-state index in [1.165, 1.54) is 18.2 Å². The molecule has 0 unspecified atom stereocenters. The minimum atomic E-state index is -4.30. The average molecular weight is 414 g/mol. The monoisotopic (exact) mass is 414 g/mol. The standard InChI is InChI=1S/C20H15FN2O5S/c1-12-7-8-14-10-16(28-20(25)13-5-3-2-4-6-13)19(18(21)15(14)9-12)23-11-17(24)22-29(23,26)27/h2-11,22,24H,1H3. The summed E-state index contributed by atoms with van der Waals surface area (Å²) >= 11 is 0. The summed E-state index contributed by atoms with van der Waals surface area (Å²) in [7, 11) is -4.30. The second kappa shape index (κ2) is 6.78. The molecule has 9 heteroatoms. The molecule has 0 amide bonds. The smallest absolute Gasteiger partial charge is 0.343 e. The van der Waals surface area contributed by atoms with Gasteiger partial charge in [-0.15, -0.1) is 0 Å². The van der Waals surface area contributed by atoms with Gasteiger partial charge in [0.2, 0.25) is 5.88 Å². The van der Waals surface area contributed by atoms with Crippen molar-refractivity contribution in [1.82, 2.24) is 4.72 Å². The van der Waals surface area contributed by atoms with Gasteiger partial charge in [-0.3, -0.25) is 0 Å². The third kappa shape index (κ3) is 3.36. The van der Waals surface area contributed by atoms with Gasteiger partial charge in [0.25, 0.3) is 0 Å². The Balaban J connectivity index is 1.93. The number of carbonyl (C=O) groups excluding carboxylic acids is 1. The Kier molecular flexibility index (Phi) is 4.39. The molecule has 0 saturated carbocycles. The number of aryl methyl sites for hydroxylation is 1. The van der Waals surface area contributed by atoms with E-state index in [1.807, 2.05) is 4.72 Å². The van der Waals surface area contributed by atoms with Crippen molar-refractivity contribution in [3.05, 3.63) is 83.6 Å². The highest BCUT2D eigenvalue weighted by Gasteiger charge is 2.34. The van der Waals surface area contributed by atoms with E-state index in [-0.39, 0.29) is 16.7 Å². The molecule has 0 atom stereocenters. The van der Waals surface area contributed by atoms with Gasteiger partial charge in [0.1, 0.15) is 5.69 Å². The predicted molar refractivity (Wildman–Crippen MR) is 105 cm³/mol. The van der Waals surface area contributed by atoms with E-state index in [1.54, 1.807) is 43.3 Å². The number of rotatable bonds is 3. The predicted octanol–water partition coefficient (Wildman–Crippen LogP) is 3.52. The Hall–Kier alpha value is -3.59. The molecule has 4 rings (SSSR count).